The van der Waals surface area contributed by atoms with Crippen LogP contribution in [0.3, 0.4) is 0 Å². The number of aliphatic carboxylic acids is 1. The topological polar surface area (TPSA) is 317 Å². The summed E-state index contributed by atoms with van der Waals surface area (Å²) in [4.78, 5) is 106. The molecule has 2 rings (SSSR count). The van der Waals surface area contributed by atoms with Crippen LogP contribution in [0, 0.1) is 0 Å². The van der Waals surface area contributed by atoms with Crippen molar-refractivity contribution in [2.45, 2.75) is 69.2 Å². The molecule has 0 bridgehead atoms. The number of aliphatic hydroxyl groups excluding tert-OH is 1. The van der Waals surface area contributed by atoms with E-state index >= 15 is 0 Å². The number of nitrogens with one attached hydrogen (secondary N) is 6. The number of aliphatic hydroxyl groups is 1. The molecule has 0 unspecified atom stereocenters. The second-order valence-electron chi connectivity index (χ2n) is 10.4. The van der Waals surface area contributed by atoms with Gasteiger partial charge in [-0.25, -0.2) is 0 Å². The lowest BCUT2D eigenvalue weighted by Gasteiger charge is -2.29. The fourth-order valence-corrected chi connectivity index (χ4v) is 4.59. The molecule has 0 radical (unpaired) electrons. The first-order chi connectivity index (χ1) is 21.2. The monoisotopic (exact) mass is 640 g/mol. The number of hydrogen-bond acceptors (Lipinski definition) is 10. The van der Waals surface area contributed by atoms with Gasteiger partial charge in [-0.15, -0.1) is 0 Å². The number of carbonyl (C=O) groups is 8. The minimum atomic E-state index is -1.71. The first-order valence-corrected chi connectivity index (χ1v) is 14.2. The van der Waals surface area contributed by atoms with Crippen molar-refractivity contribution >= 4 is 53.3 Å². The van der Waals surface area contributed by atoms with Gasteiger partial charge in [0, 0.05) is 13.1 Å². The molecular formula is C25H40N10O10. The fraction of sp³-hybridized carbons (Fsp3) is 0.640. The number of fused-ring (bicyclic) bond motifs is 1. The Bertz CT molecular complexity index is 1190. The lowest BCUT2D eigenvalue weighted by molar-refractivity contribution is -0.144. The molecule has 0 aromatic carbocycles. The largest absolute Gasteiger partial charge is 0.481 e. The van der Waals surface area contributed by atoms with Crippen LogP contribution in [0.5, 0.6) is 0 Å². The highest BCUT2D eigenvalue weighted by molar-refractivity contribution is 5.98. The summed E-state index contributed by atoms with van der Waals surface area (Å²) in [6.45, 7) is -0.671. The number of amides is 7. The Hall–Kier alpha value is -5.01. The molecular weight excluding hydrogens is 600 g/mol. The SMILES string of the molecule is C[C@@H]1NC(=O)[C@@H]2CCCN2C(=O)[C@H](CO)NC(=O)[C@@H](CC(=O)O)NC(=O)CNC(=O)[C@H](CCCN=C(N)N)NC(=O)CNC1=O. The second kappa shape index (κ2) is 17.3. The third kappa shape index (κ3) is 11.5. The maximum atomic E-state index is 13.2. The zero-order chi connectivity index (χ0) is 33.7. The van der Waals surface area contributed by atoms with Gasteiger partial charge in [-0.05, 0) is 32.6 Å². The van der Waals surface area contributed by atoms with E-state index in [0.29, 0.717) is 6.42 Å². The van der Waals surface area contributed by atoms with Crippen molar-refractivity contribution in [2.24, 2.45) is 16.5 Å². The number of nitrogens with two attached hydrogens (primary N) is 2. The summed E-state index contributed by atoms with van der Waals surface area (Å²) < 4.78 is 0. The van der Waals surface area contributed by atoms with Gasteiger partial charge in [-0.2, -0.15) is 0 Å². The zero-order valence-electron chi connectivity index (χ0n) is 24.7. The molecule has 2 fully saturated rings. The van der Waals surface area contributed by atoms with Gasteiger partial charge in [-0.3, -0.25) is 43.3 Å². The molecule has 250 valence electrons. The van der Waals surface area contributed by atoms with E-state index in [2.05, 4.69) is 36.9 Å². The van der Waals surface area contributed by atoms with Crippen LogP contribution in [-0.4, -0.2) is 131 Å². The number of rotatable bonds is 7. The van der Waals surface area contributed by atoms with Crippen molar-refractivity contribution in [2.75, 3.05) is 32.8 Å². The zero-order valence-corrected chi connectivity index (χ0v) is 24.7. The molecule has 7 amide bonds. The second-order valence-corrected chi connectivity index (χ2v) is 10.4. The van der Waals surface area contributed by atoms with E-state index in [1.165, 1.54) is 6.92 Å². The third-order valence-corrected chi connectivity index (χ3v) is 6.86. The highest BCUT2D eigenvalue weighted by Crippen LogP contribution is 2.19. The summed E-state index contributed by atoms with van der Waals surface area (Å²) in [5, 5.41) is 33.0. The minimum absolute atomic E-state index is 0.00882. The summed E-state index contributed by atoms with van der Waals surface area (Å²) in [6.07, 6.45) is -0.0670. The van der Waals surface area contributed by atoms with Crippen LogP contribution in [0.1, 0.15) is 39.0 Å². The molecule has 2 heterocycles. The summed E-state index contributed by atoms with van der Waals surface area (Å²) in [7, 11) is 0. The van der Waals surface area contributed by atoms with Gasteiger partial charge in [0.2, 0.25) is 41.4 Å². The molecule has 20 nitrogen and oxygen atoms in total. The van der Waals surface area contributed by atoms with Crippen LogP contribution < -0.4 is 43.4 Å². The maximum absolute atomic E-state index is 13.2. The first kappa shape index (κ1) is 36.2. The molecule has 5 atom stereocenters. The van der Waals surface area contributed by atoms with Gasteiger partial charge in [0.1, 0.15) is 30.2 Å². The Kier molecular flexibility index (Phi) is 13.9. The Morgan fingerprint density at radius 3 is 2.09 bits per heavy atom. The number of hydrogen-bond donors (Lipinski definition) is 10. The summed E-state index contributed by atoms with van der Waals surface area (Å²) in [6, 6.07) is -6.72. The summed E-state index contributed by atoms with van der Waals surface area (Å²) in [5.41, 5.74) is 10.6. The van der Waals surface area contributed by atoms with Gasteiger partial charge in [0.05, 0.1) is 26.1 Å². The Labute approximate surface area is 257 Å². The van der Waals surface area contributed by atoms with Crippen LogP contribution in [0.25, 0.3) is 0 Å². The van der Waals surface area contributed by atoms with E-state index in [-0.39, 0.29) is 38.3 Å². The number of carboxylic acid groups (broad SMARTS) is 1. The van der Waals surface area contributed by atoms with Gasteiger partial charge in [0.25, 0.3) is 0 Å². The summed E-state index contributed by atoms with van der Waals surface area (Å²) in [5.74, 6) is -7.66. The van der Waals surface area contributed by atoms with Crippen LogP contribution >= 0.6 is 0 Å². The van der Waals surface area contributed by atoms with Crippen molar-refractivity contribution < 1.29 is 48.6 Å². The number of carboxylic acids is 1. The molecule has 2 saturated heterocycles. The van der Waals surface area contributed by atoms with Crippen molar-refractivity contribution in [3.8, 4) is 0 Å². The Balaban J connectivity index is 2.33. The van der Waals surface area contributed by atoms with E-state index < -0.39 is 104 Å². The normalized spacial score (nSPS) is 26.1. The average Bonchev–Trinajstić information content (AvgIpc) is 3.47. The molecule has 0 aromatic heterocycles. The van der Waals surface area contributed by atoms with Crippen LogP contribution in [0.2, 0.25) is 0 Å². The highest BCUT2D eigenvalue weighted by atomic mass is 16.4. The van der Waals surface area contributed by atoms with E-state index in [0.717, 1.165) is 4.90 Å². The van der Waals surface area contributed by atoms with Gasteiger partial charge in [-0.1, -0.05) is 0 Å². The predicted molar refractivity (Wildman–Crippen MR) is 153 cm³/mol. The smallest absolute Gasteiger partial charge is 0.305 e. The Morgan fingerprint density at radius 2 is 1.49 bits per heavy atom. The van der Waals surface area contributed by atoms with Crippen LogP contribution in [-0.2, 0) is 38.4 Å². The Morgan fingerprint density at radius 1 is 0.867 bits per heavy atom. The molecule has 0 aliphatic carbocycles. The van der Waals surface area contributed by atoms with Crippen molar-refractivity contribution in [3.05, 3.63) is 0 Å². The predicted octanol–water partition coefficient (Wildman–Crippen LogP) is -6.30. The van der Waals surface area contributed by atoms with E-state index in [1.54, 1.807) is 0 Å². The van der Waals surface area contributed by atoms with E-state index in [4.69, 9.17) is 11.5 Å². The standard InChI is InChI=1S/C25H40N10O10/c1-12-20(41)29-9-17(37)32-13(4-2-6-28-25(26)27)21(42)30-10-18(38)33-14(8-19(39)40)22(43)34-15(11-36)24(45)35-7-3-5-16(35)23(44)31-12/h12-16,36H,2-11H2,1H3,(H,29,41)(H,30,42)(H,31,44)(H,32,37)(H,33,38)(H,34,43)(H,39,40)(H4,26,27,28)/t12-,13-,14+,15-,16-/m0/s1. The lowest BCUT2D eigenvalue weighted by Crippen LogP contribution is -2.59. The summed E-state index contributed by atoms with van der Waals surface area (Å²) >= 11 is 0. The third-order valence-electron chi connectivity index (χ3n) is 6.86. The molecule has 2 aliphatic rings. The molecule has 0 aromatic rings. The van der Waals surface area contributed by atoms with Crippen molar-refractivity contribution in [1.29, 1.82) is 0 Å². The molecule has 45 heavy (non-hydrogen) atoms. The average molecular weight is 641 g/mol. The van der Waals surface area contributed by atoms with Crippen molar-refractivity contribution in [3.63, 3.8) is 0 Å². The highest BCUT2D eigenvalue weighted by Gasteiger charge is 2.39. The molecule has 20 heteroatoms. The van der Waals surface area contributed by atoms with E-state index in [1.807, 2.05) is 0 Å². The fourth-order valence-electron chi connectivity index (χ4n) is 4.59. The van der Waals surface area contributed by atoms with Gasteiger partial charge < -0.3 is 58.5 Å². The maximum Gasteiger partial charge on any atom is 0.305 e. The number of nitrogens with zero attached hydrogens (tertiary/aromatic N) is 2. The number of guanidine groups is 1. The molecule has 2 aliphatic heterocycles. The van der Waals surface area contributed by atoms with Crippen molar-refractivity contribution in [1.82, 2.24) is 36.8 Å². The van der Waals surface area contributed by atoms with Gasteiger partial charge in [0.15, 0.2) is 5.96 Å². The molecule has 12 N–H and O–H groups in total. The van der Waals surface area contributed by atoms with E-state index in [9.17, 15) is 48.6 Å². The number of aliphatic imine (C=N–C) groups is 1. The van der Waals surface area contributed by atoms with Gasteiger partial charge >= 0.3 is 5.97 Å². The number of carbonyl (C=O) groups excluding carboxylic acids is 7. The quantitative estimate of drug-likeness (QED) is 0.0706. The molecule has 0 saturated carbocycles. The van der Waals surface area contributed by atoms with Crippen LogP contribution in [0.4, 0.5) is 0 Å². The molecule has 0 spiro atoms. The van der Waals surface area contributed by atoms with Crippen LogP contribution in [0.15, 0.2) is 4.99 Å². The first-order valence-electron chi connectivity index (χ1n) is 14.2. The lowest BCUT2D eigenvalue weighted by atomic mass is 10.1. The minimum Gasteiger partial charge on any atom is -0.481 e.